The summed E-state index contributed by atoms with van der Waals surface area (Å²) in [7, 11) is -3.63. The molecule has 36 heavy (non-hydrogen) atoms. The Kier molecular flexibility index (Phi) is 7.04. The van der Waals surface area contributed by atoms with Crippen LogP contribution in [0.2, 0.25) is 0 Å². The Morgan fingerprint density at radius 3 is 2.33 bits per heavy atom. The summed E-state index contributed by atoms with van der Waals surface area (Å²) >= 11 is 1.37. The minimum Gasteiger partial charge on any atom is -0.457 e. The fourth-order valence-electron chi connectivity index (χ4n) is 4.24. The highest BCUT2D eigenvalue weighted by molar-refractivity contribution is 7.89. The molecule has 0 amide bonds. The summed E-state index contributed by atoms with van der Waals surface area (Å²) in [5.74, 6) is 2.09. The van der Waals surface area contributed by atoms with Crippen LogP contribution >= 0.6 is 11.5 Å². The van der Waals surface area contributed by atoms with Crippen molar-refractivity contribution < 1.29 is 13.2 Å². The summed E-state index contributed by atoms with van der Waals surface area (Å²) < 4.78 is 38.7. The molecule has 1 unspecified atom stereocenters. The summed E-state index contributed by atoms with van der Waals surface area (Å²) in [6, 6.07) is 24.2. The lowest BCUT2D eigenvalue weighted by Crippen LogP contribution is -2.54. The molecule has 1 saturated heterocycles. The van der Waals surface area contributed by atoms with Gasteiger partial charge in [0.1, 0.15) is 17.3 Å². The van der Waals surface area contributed by atoms with E-state index in [1.807, 2.05) is 37.3 Å². The quantitative estimate of drug-likeness (QED) is 0.336. The van der Waals surface area contributed by atoms with Gasteiger partial charge in [-0.15, -0.1) is 0 Å². The number of para-hydroxylation sites is 1. The standard InChI is InChI=1S/C27H28N4O3S2/c1-20-8-10-22(11-9-20)18-26-28-27(35-29-26)30-16-17-31(21(2)19-30)36(32,33)25-14-12-24(13-15-25)34-23-6-4-3-5-7-23/h3-15,21H,16-19H2,1-2H3. The van der Waals surface area contributed by atoms with Crippen LogP contribution in [0, 0.1) is 6.92 Å². The summed E-state index contributed by atoms with van der Waals surface area (Å²) in [4.78, 5) is 7.12. The highest BCUT2D eigenvalue weighted by Gasteiger charge is 2.34. The van der Waals surface area contributed by atoms with Crippen molar-refractivity contribution in [2.75, 3.05) is 24.5 Å². The maximum absolute atomic E-state index is 13.4. The second kappa shape index (κ2) is 10.4. The lowest BCUT2D eigenvalue weighted by molar-refractivity contribution is 0.306. The Labute approximate surface area is 216 Å². The van der Waals surface area contributed by atoms with Crippen LogP contribution < -0.4 is 9.64 Å². The number of hydrogen-bond acceptors (Lipinski definition) is 7. The number of aromatic nitrogens is 2. The van der Waals surface area contributed by atoms with Crippen LogP contribution in [-0.4, -0.2) is 47.8 Å². The SMILES string of the molecule is Cc1ccc(Cc2nsc(N3CCN(S(=O)(=O)c4ccc(Oc5ccccc5)cc4)C(C)C3)n2)cc1. The van der Waals surface area contributed by atoms with E-state index in [0.29, 0.717) is 37.6 Å². The van der Waals surface area contributed by atoms with E-state index in [1.54, 1.807) is 28.6 Å². The molecule has 0 saturated carbocycles. The fourth-order valence-corrected chi connectivity index (χ4v) is 6.58. The average Bonchev–Trinajstić information content (AvgIpc) is 3.35. The molecular weight excluding hydrogens is 492 g/mol. The Hall–Kier alpha value is -3.27. The minimum atomic E-state index is -3.63. The van der Waals surface area contributed by atoms with E-state index in [9.17, 15) is 8.42 Å². The summed E-state index contributed by atoms with van der Waals surface area (Å²) in [5.41, 5.74) is 2.40. The Balaban J connectivity index is 1.22. The van der Waals surface area contributed by atoms with Gasteiger partial charge in [-0.25, -0.2) is 13.4 Å². The maximum Gasteiger partial charge on any atom is 0.243 e. The van der Waals surface area contributed by atoms with Crippen LogP contribution in [0.1, 0.15) is 23.9 Å². The zero-order chi connectivity index (χ0) is 25.1. The molecule has 7 nitrogen and oxygen atoms in total. The maximum atomic E-state index is 13.4. The second-order valence-corrected chi connectivity index (χ2v) is 11.6. The van der Waals surface area contributed by atoms with Gasteiger partial charge in [0.2, 0.25) is 15.2 Å². The van der Waals surface area contributed by atoms with E-state index >= 15 is 0 Å². The Bertz CT molecular complexity index is 1410. The first-order chi connectivity index (χ1) is 17.4. The van der Waals surface area contributed by atoms with Gasteiger partial charge in [0, 0.05) is 43.6 Å². The third-order valence-corrected chi connectivity index (χ3v) is 9.03. The molecule has 0 N–H and O–H groups in total. The molecule has 1 aromatic heterocycles. The van der Waals surface area contributed by atoms with Crippen molar-refractivity contribution in [3.05, 3.63) is 95.8 Å². The number of hydrogen-bond donors (Lipinski definition) is 0. The number of ether oxygens (including phenoxy) is 1. The molecular formula is C27H28N4O3S2. The predicted molar refractivity (Wildman–Crippen MR) is 142 cm³/mol. The van der Waals surface area contributed by atoms with E-state index in [2.05, 4.69) is 40.5 Å². The Morgan fingerprint density at radius 1 is 0.944 bits per heavy atom. The van der Waals surface area contributed by atoms with Crippen molar-refractivity contribution in [3.8, 4) is 11.5 Å². The molecule has 0 bridgehead atoms. The molecule has 9 heteroatoms. The molecule has 1 aliphatic heterocycles. The van der Waals surface area contributed by atoms with Crippen LogP contribution in [0.15, 0.2) is 83.8 Å². The van der Waals surface area contributed by atoms with Crippen LogP contribution in [0.5, 0.6) is 11.5 Å². The van der Waals surface area contributed by atoms with Gasteiger partial charge in [0.25, 0.3) is 0 Å². The van der Waals surface area contributed by atoms with Crippen LogP contribution in [0.3, 0.4) is 0 Å². The smallest absolute Gasteiger partial charge is 0.243 e. The number of rotatable bonds is 7. The summed E-state index contributed by atoms with van der Waals surface area (Å²) in [5, 5.41) is 0.837. The normalized spacial score (nSPS) is 16.7. The minimum absolute atomic E-state index is 0.201. The fraction of sp³-hybridized carbons (Fsp3) is 0.259. The highest BCUT2D eigenvalue weighted by atomic mass is 32.2. The first kappa shape index (κ1) is 24.4. The lowest BCUT2D eigenvalue weighted by atomic mass is 10.1. The van der Waals surface area contributed by atoms with E-state index in [0.717, 1.165) is 11.0 Å². The first-order valence-electron chi connectivity index (χ1n) is 11.9. The monoisotopic (exact) mass is 520 g/mol. The van der Waals surface area contributed by atoms with Gasteiger partial charge in [-0.3, -0.25) is 0 Å². The predicted octanol–water partition coefficient (Wildman–Crippen LogP) is 5.13. The number of sulfonamides is 1. The molecule has 1 atom stereocenters. The molecule has 0 spiro atoms. The van der Waals surface area contributed by atoms with Gasteiger partial charge < -0.3 is 9.64 Å². The lowest BCUT2D eigenvalue weighted by Gasteiger charge is -2.38. The Morgan fingerprint density at radius 2 is 1.64 bits per heavy atom. The second-order valence-electron chi connectivity index (χ2n) is 8.95. The molecule has 186 valence electrons. The zero-order valence-electron chi connectivity index (χ0n) is 20.2. The van der Waals surface area contributed by atoms with E-state index < -0.39 is 10.0 Å². The van der Waals surface area contributed by atoms with Gasteiger partial charge >= 0.3 is 0 Å². The van der Waals surface area contributed by atoms with E-state index in [1.165, 1.54) is 22.7 Å². The number of nitrogens with zero attached hydrogens (tertiary/aromatic N) is 4. The molecule has 0 radical (unpaired) electrons. The molecule has 2 heterocycles. The number of piperazine rings is 1. The largest absolute Gasteiger partial charge is 0.457 e. The van der Waals surface area contributed by atoms with Crippen LogP contribution in [0.25, 0.3) is 0 Å². The van der Waals surface area contributed by atoms with Crippen molar-refractivity contribution in [2.45, 2.75) is 31.2 Å². The van der Waals surface area contributed by atoms with Crippen molar-refractivity contribution in [1.29, 1.82) is 0 Å². The third kappa shape index (κ3) is 5.43. The van der Waals surface area contributed by atoms with Gasteiger partial charge in [0.15, 0.2) is 0 Å². The number of anilines is 1. The van der Waals surface area contributed by atoms with Crippen LogP contribution in [0.4, 0.5) is 5.13 Å². The number of aryl methyl sites for hydroxylation is 1. The van der Waals surface area contributed by atoms with Crippen molar-refractivity contribution in [3.63, 3.8) is 0 Å². The molecule has 4 aromatic rings. The van der Waals surface area contributed by atoms with E-state index in [4.69, 9.17) is 9.72 Å². The van der Waals surface area contributed by atoms with Gasteiger partial charge in [0.05, 0.1) is 4.90 Å². The van der Waals surface area contributed by atoms with Gasteiger partial charge in [-0.05, 0) is 55.8 Å². The van der Waals surface area contributed by atoms with E-state index in [-0.39, 0.29) is 10.9 Å². The zero-order valence-corrected chi connectivity index (χ0v) is 21.9. The number of benzene rings is 3. The first-order valence-corrected chi connectivity index (χ1v) is 14.1. The van der Waals surface area contributed by atoms with Crippen molar-refractivity contribution >= 4 is 26.7 Å². The van der Waals surface area contributed by atoms with Crippen LogP contribution in [-0.2, 0) is 16.4 Å². The summed E-state index contributed by atoms with van der Waals surface area (Å²) in [6.45, 7) is 5.52. The summed E-state index contributed by atoms with van der Waals surface area (Å²) in [6.07, 6.45) is 0.685. The van der Waals surface area contributed by atoms with Crippen molar-refractivity contribution in [1.82, 2.24) is 13.7 Å². The third-order valence-electron chi connectivity index (χ3n) is 6.19. The molecule has 0 aliphatic carbocycles. The molecule has 1 fully saturated rings. The van der Waals surface area contributed by atoms with Gasteiger partial charge in [-0.1, -0.05) is 48.0 Å². The average molecular weight is 521 g/mol. The van der Waals surface area contributed by atoms with Crippen molar-refractivity contribution in [2.24, 2.45) is 0 Å². The molecule has 3 aromatic carbocycles. The highest BCUT2D eigenvalue weighted by Crippen LogP contribution is 2.28. The molecule has 1 aliphatic rings. The van der Waals surface area contributed by atoms with Gasteiger partial charge in [-0.2, -0.15) is 8.68 Å². The topological polar surface area (TPSA) is 75.6 Å². The molecule has 5 rings (SSSR count).